The van der Waals surface area contributed by atoms with Crippen molar-refractivity contribution in [1.82, 2.24) is 9.78 Å². The summed E-state index contributed by atoms with van der Waals surface area (Å²) in [6.45, 7) is 1.61. The molecule has 19 heavy (non-hydrogen) atoms. The van der Waals surface area contributed by atoms with Crippen molar-refractivity contribution in [2.45, 2.75) is 31.6 Å². The molecule has 0 unspecified atom stereocenters. The number of sulfone groups is 1. The molecule has 1 aromatic heterocycles. The zero-order valence-corrected chi connectivity index (χ0v) is 12.0. The highest BCUT2D eigenvalue weighted by Crippen LogP contribution is 2.25. The largest absolute Gasteiger partial charge is 0.306 e. The van der Waals surface area contributed by atoms with Crippen LogP contribution in [0.5, 0.6) is 0 Å². The fourth-order valence-electron chi connectivity index (χ4n) is 2.18. The number of rotatable bonds is 3. The number of halogens is 1. The van der Waals surface area contributed by atoms with Crippen LogP contribution < -0.4 is 0 Å². The Morgan fingerprint density at radius 3 is 2.53 bits per heavy atom. The fourth-order valence-corrected chi connectivity index (χ4v) is 4.30. The monoisotopic (exact) mass is 310 g/mol. The molecule has 0 spiro atoms. The van der Waals surface area contributed by atoms with Crippen molar-refractivity contribution >= 4 is 20.1 Å². The first kappa shape index (κ1) is 14.4. The van der Waals surface area contributed by atoms with Gasteiger partial charge in [-0.15, -0.1) is 3.89 Å². The molecule has 1 aliphatic rings. The van der Waals surface area contributed by atoms with Crippen molar-refractivity contribution in [3.8, 4) is 0 Å². The van der Waals surface area contributed by atoms with E-state index in [0.717, 1.165) is 0 Å². The molecule has 0 saturated carbocycles. The Morgan fingerprint density at radius 1 is 1.42 bits per heavy atom. The Hall–Kier alpha value is -0.960. The lowest BCUT2D eigenvalue weighted by atomic mass is 10.2. The van der Waals surface area contributed by atoms with Crippen molar-refractivity contribution in [2.75, 3.05) is 11.5 Å². The van der Waals surface area contributed by atoms with Gasteiger partial charge < -0.3 is 0 Å². The second-order valence-corrected chi connectivity index (χ2v) is 8.46. The van der Waals surface area contributed by atoms with Crippen LogP contribution in [0, 0.1) is 6.92 Å². The highest BCUT2D eigenvalue weighted by Gasteiger charge is 2.26. The van der Waals surface area contributed by atoms with Gasteiger partial charge in [0.1, 0.15) is 15.6 Å². The maximum atomic E-state index is 12.7. The second-order valence-electron chi connectivity index (χ2n) is 4.79. The first-order valence-corrected chi connectivity index (χ1v) is 9.21. The normalized spacial score (nSPS) is 20.5. The lowest BCUT2D eigenvalue weighted by molar-refractivity contribution is 0.412. The summed E-state index contributed by atoms with van der Waals surface area (Å²) in [4.78, 5) is 0. The zero-order chi connectivity index (χ0) is 14.3. The Morgan fingerprint density at radius 2 is 2.00 bits per heavy atom. The van der Waals surface area contributed by atoms with E-state index in [1.807, 2.05) is 0 Å². The van der Waals surface area contributed by atoms with Gasteiger partial charge in [0.15, 0.2) is 0 Å². The van der Waals surface area contributed by atoms with Gasteiger partial charge in [0.2, 0.25) is 0 Å². The number of hydrogen-bond acceptors (Lipinski definition) is 5. The van der Waals surface area contributed by atoms with Gasteiger partial charge in [-0.05, 0) is 19.8 Å². The minimum atomic E-state index is -4.58. The summed E-state index contributed by atoms with van der Waals surface area (Å²) < 4.78 is 58.2. The summed E-state index contributed by atoms with van der Waals surface area (Å²) in [5.74, 6) is -0.482. The van der Waals surface area contributed by atoms with Crippen molar-refractivity contribution in [3.63, 3.8) is 0 Å². The fraction of sp³-hybridized carbons (Fsp3) is 0.700. The number of aromatic nitrogens is 2. The average molecular weight is 310 g/mol. The van der Waals surface area contributed by atoms with Crippen LogP contribution in [-0.4, -0.2) is 38.1 Å². The minimum absolute atomic E-state index is 0.0710. The third-order valence-electron chi connectivity index (χ3n) is 3.24. The molecule has 6 nitrogen and oxygen atoms in total. The van der Waals surface area contributed by atoms with Crippen LogP contribution >= 0.6 is 0 Å². The van der Waals surface area contributed by atoms with Crippen LogP contribution in [0.3, 0.4) is 0 Å². The molecule has 108 valence electrons. The molecule has 0 aliphatic carbocycles. The highest BCUT2D eigenvalue weighted by molar-refractivity contribution is 7.91. The SMILES string of the molecule is Cc1nn(C2CCS(=O)(=O)CC2)cc1CS(=O)(=O)F. The predicted molar refractivity (Wildman–Crippen MR) is 67.6 cm³/mol. The van der Waals surface area contributed by atoms with E-state index in [-0.39, 0.29) is 17.5 Å². The highest BCUT2D eigenvalue weighted by atomic mass is 32.3. The Balaban J connectivity index is 2.17. The maximum Gasteiger partial charge on any atom is 0.306 e. The van der Waals surface area contributed by atoms with Gasteiger partial charge in [0.05, 0.1) is 23.2 Å². The van der Waals surface area contributed by atoms with E-state index in [9.17, 15) is 20.7 Å². The van der Waals surface area contributed by atoms with Crippen LogP contribution in [0.2, 0.25) is 0 Å². The van der Waals surface area contributed by atoms with Gasteiger partial charge in [-0.2, -0.15) is 13.5 Å². The standard InChI is InChI=1S/C10H15FN2O4S2/c1-8-9(7-19(11,16)17)6-13(12-8)10-2-4-18(14,15)5-3-10/h6,10H,2-5,7H2,1H3. The predicted octanol–water partition coefficient (Wildman–Crippen LogP) is 0.741. The molecule has 0 aromatic carbocycles. The van der Waals surface area contributed by atoms with E-state index in [1.54, 1.807) is 11.6 Å². The van der Waals surface area contributed by atoms with Crippen LogP contribution in [-0.2, 0) is 25.8 Å². The van der Waals surface area contributed by atoms with Crippen LogP contribution in [0.4, 0.5) is 3.89 Å². The molecular formula is C10H15FN2O4S2. The molecule has 0 radical (unpaired) electrons. The van der Waals surface area contributed by atoms with E-state index in [2.05, 4.69) is 5.10 Å². The molecule has 0 amide bonds. The molecule has 2 rings (SSSR count). The molecule has 1 fully saturated rings. The summed E-state index contributed by atoms with van der Waals surface area (Å²) in [7, 11) is -7.54. The molecule has 1 saturated heterocycles. The van der Waals surface area contributed by atoms with E-state index >= 15 is 0 Å². The quantitative estimate of drug-likeness (QED) is 0.769. The van der Waals surface area contributed by atoms with Gasteiger partial charge in [0.25, 0.3) is 0 Å². The Labute approximate surface area is 111 Å². The Bertz CT molecular complexity index is 664. The molecule has 9 heteroatoms. The molecule has 1 aromatic rings. The lowest BCUT2D eigenvalue weighted by Crippen LogP contribution is -2.25. The first-order chi connectivity index (χ1) is 8.66. The van der Waals surface area contributed by atoms with Gasteiger partial charge >= 0.3 is 10.2 Å². The molecule has 0 atom stereocenters. The lowest BCUT2D eigenvalue weighted by Gasteiger charge is -2.22. The Kier molecular flexibility index (Phi) is 3.69. The van der Waals surface area contributed by atoms with E-state index in [4.69, 9.17) is 0 Å². The third kappa shape index (κ3) is 3.75. The summed E-state index contributed by atoms with van der Waals surface area (Å²) in [5, 5.41) is 4.16. The van der Waals surface area contributed by atoms with E-state index in [0.29, 0.717) is 24.1 Å². The van der Waals surface area contributed by atoms with E-state index < -0.39 is 25.8 Å². The van der Waals surface area contributed by atoms with Crippen molar-refractivity contribution < 1.29 is 20.7 Å². The second kappa shape index (κ2) is 4.86. The molecular weight excluding hydrogens is 295 g/mol. The van der Waals surface area contributed by atoms with Gasteiger partial charge in [-0.3, -0.25) is 4.68 Å². The molecule has 0 N–H and O–H groups in total. The zero-order valence-electron chi connectivity index (χ0n) is 10.4. The van der Waals surface area contributed by atoms with Crippen LogP contribution in [0.25, 0.3) is 0 Å². The van der Waals surface area contributed by atoms with Crippen molar-refractivity contribution in [1.29, 1.82) is 0 Å². The van der Waals surface area contributed by atoms with Gasteiger partial charge in [0, 0.05) is 11.8 Å². The van der Waals surface area contributed by atoms with Crippen molar-refractivity contribution in [3.05, 3.63) is 17.5 Å². The molecule has 1 aliphatic heterocycles. The van der Waals surface area contributed by atoms with Gasteiger partial charge in [-0.1, -0.05) is 0 Å². The number of hydrogen-bond donors (Lipinski definition) is 0. The summed E-state index contributed by atoms with van der Waals surface area (Å²) >= 11 is 0. The van der Waals surface area contributed by atoms with Crippen LogP contribution in [0.1, 0.15) is 30.1 Å². The van der Waals surface area contributed by atoms with Crippen LogP contribution in [0.15, 0.2) is 6.20 Å². The average Bonchev–Trinajstić information content (AvgIpc) is 2.57. The summed E-state index contributed by atoms with van der Waals surface area (Å²) in [6.07, 6.45) is 2.39. The van der Waals surface area contributed by atoms with E-state index in [1.165, 1.54) is 6.20 Å². The topological polar surface area (TPSA) is 86.1 Å². The summed E-state index contributed by atoms with van der Waals surface area (Å²) in [6, 6.07) is -0.0710. The maximum absolute atomic E-state index is 12.7. The summed E-state index contributed by atoms with van der Waals surface area (Å²) in [5.41, 5.74) is 0.769. The van der Waals surface area contributed by atoms with Gasteiger partial charge in [-0.25, -0.2) is 8.42 Å². The number of aryl methyl sites for hydroxylation is 1. The minimum Gasteiger partial charge on any atom is -0.269 e. The smallest absolute Gasteiger partial charge is 0.269 e. The first-order valence-electron chi connectivity index (χ1n) is 5.84. The molecule has 2 heterocycles. The third-order valence-corrected chi connectivity index (χ3v) is 5.62. The number of nitrogens with zero attached hydrogens (tertiary/aromatic N) is 2. The van der Waals surface area contributed by atoms with Crippen molar-refractivity contribution in [2.24, 2.45) is 0 Å². The molecule has 0 bridgehead atoms.